The summed E-state index contributed by atoms with van der Waals surface area (Å²) in [4.78, 5) is 17.0. The fourth-order valence-electron chi connectivity index (χ4n) is 3.25. The van der Waals surface area contributed by atoms with Crippen molar-refractivity contribution in [2.24, 2.45) is 0 Å². The zero-order chi connectivity index (χ0) is 19.1. The molecule has 2 aromatic carbocycles. The predicted octanol–water partition coefficient (Wildman–Crippen LogP) is 3.98. The smallest absolute Gasteiger partial charge is 0.232 e. The highest BCUT2D eigenvalue weighted by Crippen LogP contribution is 2.21. The van der Waals surface area contributed by atoms with E-state index in [0.29, 0.717) is 5.75 Å². The summed E-state index contributed by atoms with van der Waals surface area (Å²) in [5.74, 6) is 2.56. The van der Waals surface area contributed by atoms with Crippen molar-refractivity contribution in [3.63, 3.8) is 0 Å². The lowest BCUT2D eigenvalue weighted by molar-refractivity contribution is -0.128. The van der Waals surface area contributed by atoms with Crippen LogP contribution in [0.15, 0.2) is 48.5 Å². The number of hydrogen-bond acceptors (Lipinski definition) is 4. The van der Waals surface area contributed by atoms with Crippen LogP contribution in [0.4, 0.5) is 5.69 Å². The quantitative estimate of drug-likeness (QED) is 0.754. The van der Waals surface area contributed by atoms with Crippen LogP contribution in [0.5, 0.6) is 5.75 Å². The van der Waals surface area contributed by atoms with Gasteiger partial charge < -0.3 is 14.5 Å². The van der Waals surface area contributed by atoms with E-state index in [1.54, 1.807) is 18.9 Å². The van der Waals surface area contributed by atoms with E-state index in [0.717, 1.165) is 44.1 Å². The monoisotopic (exact) mass is 384 g/mol. The van der Waals surface area contributed by atoms with Gasteiger partial charge in [0.25, 0.3) is 0 Å². The molecule has 1 heterocycles. The molecule has 1 fully saturated rings. The van der Waals surface area contributed by atoms with Crippen molar-refractivity contribution in [1.82, 2.24) is 4.90 Å². The van der Waals surface area contributed by atoms with Gasteiger partial charge in [-0.25, -0.2) is 0 Å². The number of anilines is 1. The molecular formula is C22H28N2O2S. The minimum absolute atomic E-state index is 0.253. The number of benzene rings is 2. The van der Waals surface area contributed by atoms with Gasteiger partial charge in [0.2, 0.25) is 5.91 Å². The molecule has 0 atom stereocenters. The van der Waals surface area contributed by atoms with Gasteiger partial charge in [0.15, 0.2) is 0 Å². The molecule has 0 N–H and O–H groups in total. The molecule has 0 bridgehead atoms. The van der Waals surface area contributed by atoms with Crippen molar-refractivity contribution in [3.05, 3.63) is 59.7 Å². The molecule has 0 unspecified atom stereocenters. The number of carbonyl (C=O) groups is 1. The molecule has 1 aliphatic heterocycles. The van der Waals surface area contributed by atoms with Crippen molar-refractivity contribution < 1.29 is 9.53 Å². The lowest BCUT2D eigenvalue weighted by Gasteiger charge is -2.24. The number of ether oxygens (including phenoxy) is 1. The van der Waals surface area contributed by atoms with Crippen LogP contribution in [-0.2, 0) is 10.5 Å². The third-order valence-corrected chi connectivity index (χ3v) is 5.89. The molecule has 0 radical (unpaired) electrons. The van der Waals surface area contributed by atoms with E-state index in [-0.39, 0.29) is 5.91 Å². The van der Waals surface area contributed by atoms with Gasteiger partial charge in [-0.15, -0.1) is 11.8 Å². The van der Waals surface area contributed by atoms with Gasteiger partial charge in [-0.2, -0.15) is 0 Å². The zero-order valence-corrected chi connectivity index (χ0v) is 17.0. The first-order valence-electron chi connectivity index (χ1n) is 9.46. The average molecular weight is 385 g/mol. The Morgan fingerprint density at radius 1 is 1.00 bits per heavy atom. The van der Waals surface area contributed by atoms with Crippen molar-refractivity contribution in [2.45, 2.75) is 19.1 Å². The van der Waals surface area contributed by atoms with E-state index in [1.165, 1.54) is 16.8 Å². The van der Waals surface area contributed by atoms with Crippen molar-refractivity contribution in [3.8, 4) is 5.75 Å². The number of aryl methyl sites for hydroxylation is 1. The number of rotatable bonds is 6. The van der Waals surface area contributed by atoms with E-state index in [4.69, 9.17) is 4.74 Å². The summed E-state index contributed by atoms with van der Waals surface area (Å²) in [6.45, 7) is 5.58. The Labute approximate surface area is 166 Å². The molecule has 27 heavy (non-hydrogen) atoms. The molecule has 0 saturated carbocycles. The highest BCUT2D eigenvalue weighted by molar-refractivity contribution is 7.99. The summed E-state index contributed by atoms with van der Waals surface area (Å²) in [5.41, 5.74) is 3.74. The first-order chi connectivity index (χ1) is 13.2. The summed E-state index contributed by atoms with van der Waals surface area (Å²) in [7, 11) is 1.68. The van der Waals surface area contributed by atoms with Crippen molar-refractivity contribution >= 4 is 23.4 Å². The lowest BCUT2D eigenvalue weighted by Crippen LogP contribution is -2.36. The maximum atomic E-state index is 12.6. The molecule has 2 aromatic rings. The standard InChI is InChI=1S/C22H28N2O2S/c1-18-4-6-19(7-5-18)16-27-17-22(25)24-13-3-12-23(14-15-24)20-8-10-21(26-2)11-9-20/h4-11H,3,12-17H2,1-2H3. The van der Waals surface area contributed by atoms with Crippen LogP contribution in [-0.4, -0.2) is 49.8 Å². The van der Waals surface area contributed by atoms with Crippen molar-refractivity contribution in [1.29, 1.82) is 0 Å². The van der Waals surface area contributed by atoms with Crippen LogP contribution in [0.1, 0.15) is 17.5 Å². The Balaban J connectivity index is 1.46. The normalized spacial score (nSPS) is 14.7. The van der Waals surface area contributed by atoms with E-state index in [9.17, 15) is 4.79 Å². The Hall–Kier alpha value is -2.14. The minimum Gasteiger partial charge on any atom is -0.497 e. The highest BCUT2D eigenvalue weighted by Gasteiger charge is 2.19. The summed E-state index contributed by atoms with van der Waals surface area (Å²) < 4.78 is 5.23. The maximum Gasteiger partial charge on any atom is 0.232 e. The number of nitrogens with zero attached hydrogens (tertiary/aromatic N) is 2. The van der Waals surface area contributed by atoms with Gasteiger partial charge >= 0.3 is 0 Å². The first kappa shape index (κ1) is 19.6. The molecule has 5 heteroatoms. The van der Waals surface area contributed by atoms with Gasteiger partial charge in [-0.05, 0) is 43.2 Å². The number of hydrogen-bond donors (Lipinski definition) is 0. The van der Waals surface area contributed by atoms with E-state index >= 15 is 0 Å². The molecular weight excluding hydrogens is 356 g/mol. The van der Waals surface area contributed by atoms with Crippen LogP contribution in [0, 0.1) is 6.92 Å². The zero-order valence-electron chi connectivity index (χ0n) is 16.2. The highest BCUT2D eigenvalue weighted by atomic mass is 32.2. The third-order valence-electron chi connectivity index (χ3n) is 4.90. The number of methoxy groups -OCH3 is 1. The fourth-order valence-corrected chi connectivity index (χ4v) is 4.14. The van der Waals surface area contributed by atoms with Gasteiger partial charge in [0.1, 0.15) is 5.75 Å². The van der Waals surface area contributed by atoms with Crippen LogP contribution >= 0.6 is 11.8 Å². The summed E-state index contributed by atoms with van der Waals surface area (Å²) in [6.07, 6.45) is 1.00. The van der Waals surface area contributed by atoms with Gasteiger partial charge in [-0.1, -0.05) is 29.8 Å². The Kier molecular flexibility index (Phi) is 7.04. The fraction of sp³-hybridized carbons (Fsp3) is 0.409. The van der Waals surface area contributed by atoms with Crippen molar-refractivity contribution in [2.75, 3.05) is 43.9 Å². The van der Waals surface area contributed by atoms with Crippen LogP contribution < -0.4 is 9.64 Å². The molecule has 1 saturated heterocycles. The lowest BCUT2D eigenvalue weighted by atomic mass is 10.2. The average Bonchev–Trinajstić information content (AvgIpc) is 2.96. The predicted molar refractivity (Wildman–Crippen MR) is 114 cm³/mol. The van der Waals surface area contributed by atoms with E-state index < -0.39 is 0 Å². The second-order valence-corrected chi connectivity index (χ2v) is 7.88. The number of amides is 1. The molecule has 1 amide bonds. The summed E-state index contributed by atoms with van der Waals surface area (Å²) in [6, 6.07) is 16.7. The van der Waals surface area contributed by atoms with Gasteiger partial charge in [0, 0.05) is 37.6 Å². The number of carbonyl (C=O) groups excluding carboxylic acids is 1. The summed E-state index contributed by atoms with van der Waals surface area (Å²) in [5, 5.41) is 0. The van der Waals surface area contributed by atoms with Crippen LogP contribution in [0.2, 0.25) is 0 Å². The SMILES string of the molecule is COc1ccc(N2CCCN(C(=O)CSCc3ccc(C)cc3)CC2)cc1. The van der Waals surface area contributed by atoms with Crippen LogP contribution in [0.25, 0.3) is 0 Å². The van der Waals surface area contributed by atoms with Gasteiger partial charge in [0.05, 0.1) is 12.9 Å². The Morgan fingerprint density at radius 2 is 1.74 bits per heavy atom. The molecule has 3 rings (SSSR count). The number of thioether (sulfide) groups is 1. The van der Waals surface area contributed by atoms with Gasteiger partial charge in [-0.3, -0.25) is 4.79 Å². The largest absolute Gasteiger partial charge is 0.497 e. The first-order valence-corrected chi connectivity index (χ1v) is 10.6. The topological polar surface area (TPSA) is 32.8 Å². The van der Waals surface area contributed by atoms with E-state index in [1.807, 2.05) is 17.0 Å². The minimum atomic E-state index is 0.253. The Morgan fingerprint density at radius 3 is 2.44 bits per heavy atom. The van der Waals surface area contributed by atoms with Crippen LogP contribution in [0.3, 0.4) is 0 Å². The second kappa shape index (κ2) is 9.70. The molecule has 144 valence electrons. The maximum absolute atomic E-state index is 12.6. The molecule has 0 aromatic heterocycles. The second-order valence-electron chi connectivity index (χ2n) is 6.90. The molecule has 1 aliphatic rings. The molecule has 4 nitrogen and oxygen atoms in total. The Bertz CT molecular complexity index is 731. The van der Waals surface area contributed by atoms with E-state index in [2.05, 4.69) is 48.2 Å². The summed E-state index contributed by atoms with van der Waals surface area (Å²) >= 11 is 1.70. The molecule has 0 spiro atoms. The third kappa shape index (κ3) is 5.67. The molecule has 0 aliphatic carbocycles.